The van der Waals surface area contributed by atoms with Gasteiger partial charge in [-0.1, -0.05) is 37.0 Å². The lowest BCUT2D eigenvalue weighted by Gasteiger charge is -2.23. The number of halogens is 2. The molecule has 0 aromatic carbocycles. The van der Waals surface area contributed by atoms with Crippen molar-refractivity contribution in [2.24, 2.45) is 5.41 Å². The average molecular weight is 291 g/mol. The molecule has 1 amide bonds. The third-order valence-electron chi connectivity index (χ3n) is 2.54. The molecule has 0 bridgehead atoms. The molecule has 0 aliphatic rings. The second-order valence-electron chi connectivity index (χ2n) is 4.78. The predicted octanol–water partition coefficient (Wildman–Crippen LogP) is 2.53. The predicted molar refractivity (Wildman–Crippen MR) is 72.1 cm³/mol. The summed E-state index contributed by atoms with van der Waals surface area (Å²) in [7, 11) is 0. The molecule has 18 heavy (non-hydrogen) atoms. The third-order valence-corrected chi connectivity index (χ3v) is 3.06. The number of rotatable bonds is 5. The van der Waals surface area contributed by atoms with E-state index in [1.165, 1.54) is 12.1 Å². The van der Waals surface area contributed by atoms with E-state index in [0.717, 1.165) is 0 Å². The third kappa shape index (κ3) is 4.44. The molecule has 1 aromatic heterocycles. The maximum Gasteiger partial charge on any atom is 0.271 e. The van der Waals surface area contributed by atoms with Crippen LogP contribution in [0.15, 0.2) is 12.1 Å². The second-order valence-corrected chi connectivity index (χ2v) is 5.58. The molecule has 4 nitrogen and oxygen atoms in total. The Balaban J connectivity index is 2.69. The van der Waals surface area contributed by atoms with Crippen molar-refractivity contribution in [3.05, 3.63) is 28.0 Å². The molecule has 2 N–H and O–H groups in total. The molecule has 0 radical (unpaired) electrons. The van der Waals surface area contributed by atoms with Crippen molar-refractivity contribution in [3.8, 4) is 0 Å². The van der Waals surface area contributed by atoms with E-state index in [0.29, 0.717) is 13.0 Å². The summed E-state index contributed by atoms with van der Waals surface area (Å²) in [4.78, 5) is 15.8. The Morgan fingerprint density at radius 1 is 1.44 bits per heavy atom. The Labute approximate surface area is 116 Å². The van der Waals surface area contributed by atoms with Gasteiger partial charge in [-0.05, 0) is 24.0 Å². The number of pyridine rings is 1. The quantitative estimate of drug-likeness (QED) is 0.819. The van der Waals surface area contributed by atoms with E-state index in [-0.39, 0.29) is 33.8 Å². The van der Waals surface area contributed by atoms with E-state index in [2.05, 4.69) is 10.3 Å². The van der Waals surface area contributed by atoms with Crippen LogP contribution in [0.4, 0.5) is 0 Å². The van der Waals surface area contributed by atoms with Gasteiger partial charge in [0, 0.05) is 13.2 Å². The maximum absolute atomic E-state index is 11.9. The van der Waals surface area contributed by atoms with Gasteiger partial charge in [-0.3, -0.25) is 4.79 Å². The Morgan fingerprint density at radius 2 is 2.11 bits per heavy atom. The van der Waals surface area contributed by atoms with Crippen LogP contribution in [0, 0.1) is 5.41 Å². The van der Waals surface area contributed by atoms with Gasteiger partial charge in [-0.25, -0.2) is 4.98 Å². The lowest BCUT2D eigenvalue weighted by molar-refractivity contribution is 0.0923. The van der Waals surface area contributed by atoms with Gasteiger partial charge in [0.15, 0.2) is 0 Å². The molecule has 0 aliphatic carbocycles. The monoisotopic (exact) mass is 290 g/mol. The van der Waals surface area contributed by atoms with Crippen molar-refractivity contribution < 1.29 is 9.90 Å². The van der Waals surface area contributed by atoms with Crippen LogP contribution < -0.4 is 5.32 Å². The highest BCUT2D eigenvalue weighted by molar-refractivity contribution is 6.34. The van der Waals surface area contributed by atoms with Crippen LogP contribution in [-0.2, 0) is 0 Å². The highest BCUT2D eigenvalue weighted by Gasteiger charge is 2.20. The smallest absolute Gasteiger partial charge is 0.271 e. The minimum absolute atomic E-state index is 0.0824. The first-order valence-electron chi connectivity index (χ1n) is 5.57. The first kappa shape index (κ1) is 15.2. The average Bonchev–Trinajstić information content (AvgIpc) is 2.29. The molecule has 1 heterocycles. The lowest BCUT2D eigenvalue weighted by atomic mass is 9.90. The fourth-order valence-corrected chi connectivity index (χ4v) is 1.71. The molecular weight excluding hydrogens is 275 g/mol. The SMILES string of the molecule is CC(C)(CCO)CNC(=O)c1nc(Cl)ccc1Cl. The summed E-state index contributed by atoms with van der Waals surface area (Å²) < 4.78 is 0. The fraction of sp³-hybridized carbons (Fsp3) is 0.500. The fourth-order valence-electron chi connectivity index (χ4n) is 1.37. The summed E-state index contributed by atoms with van der Waals surface area (Å²) in [5.74, 6) is -0.367. The zero-order valence-electron chi connectivity index (χ0n) is 10.3. The minimum Gasteiger partial charge on any atom is -0.396 e. The van der Waals surface area contributed by atoms with E-state index >= 15 is 0 Å². The van der Waals surface area contributed by atoms with Crippen LogP contribution in [0.25, 0.3) is 0 Å². The summed E-state index contributed by atoms with van der Waals surface area (Å²) in [6.45, 7) is 4.42. The molecule has 100 valence electrons. The highest BCUT2D eigenvalue weighted by Crippen LogP contribution is 2.20. The van der Waals surface area contributed by atoms with Crippen molar-refractivity contribution >= 4 is 29.1 Å². The highest BCUT2D eigenvalue weighted by atomic mass is 35.5. The number of nitrogens with one attached hydrogen (secondary N) is 1. The lowest BCUT2D eigenvalue weighted by Crippen LogP contribution is -2.35. The molecule has 0 fully saturated rings. The molecule has 0 atom stereocenters. The molecular formula is C12H16Cl2N2O2. The van der Waals surface area contributed by atoms with E-state index < -0.39 is 0 Å². The van der Waals surface area contributed by atoms with Gasteiger partial charge >= 0.3 is 0 Å². The van der Waals surface area contributed by atoms with Crippen LogP contribution in [0.2, 0.25) is 10.2 Å². The molecule has 1 rings (SSSR count). The minimum atomic E-state index is -0.367. The van der Waals surface area contributed by atoms with Crippen molar-refractivity contribution in [1.82, 2.24) is 10.3 Å². The molecule has 0 spiro atoms. The van der Waals surface area contributed by atoms with Crippen LogP contribution >= 0.6 is 23.2 Å². The Kier molecular flexibility index (Phi) is 5.38. The van der Waals surface area contributed by atoms with Gasteiger partial charge < -0.3 is 10.4 Å². The zero-order chi connectivity index (χ0) is 13.8. The van der Waals surface area contributed by atoms with Crippen LogP contribution in [-0.4, -0.2) is 29.1 Å². The van der Waals surface area contributed by atoms with Gasteiger partial charge in [0.25, 0.3) is 5.91 Å². The van der Waals surface area contributed by atoms with Gasteiger partial charge in [0.1, 0.15) is 10.8 Å². The summed E-state index contributed by atoms with van der Waals surface area (Å²) in [5.41, 5.74) is -0.0703. The Morgan fingerprint density at radius 3 is 2.72 bits per heavy atom. The Bertz CT molecular complexity index is 436. The molecule has 0 aliphatic heterocycles. The van der Waals surface area contributed by atoms with Crippen LogP contribution in [0.3, 0.4) is 0 Å². The standard InChI is InChI=1S/C12H16Cl2N2O2/c1-12(2,5-6-17)7-15-11(18)10-8(13)3-4-9(14)16-10/h3-4,17H,5-7H2,1-2H3,(H,15,18). The number of nitrogens with zero attached hydrogens (tertiary/aromatic N) is 1. The molecule has 0 saturated heterocycles. The second kappa shape index (κ2) is 6.36. The van der Waals surface area contributed by atoms with Crippen molar-refractivity contribution in [2.45, 2.75) is 20.3 Å². The number of carbonyl (C=O) groups is 1. The number of aliphatic hydroxyl groups is 1. The summed E-state index contributed by atoms with van der Waals surface area (Å²) >= 11 is 11.6. The van der Waals surface area contributed by atoms with E-state index in [1.807, 2.05) is 13.8 Å². The zero-order valence-corrected chi connectivity index (χ0v) is 11.8. The van der Waals surface area contributed by atoms with Gasteiger partial charge in [0.2, 0.25) is 0 Å². The van der Waals surface area contributed by atoms with Crippen molar-refractivity contribution in [3.63, 3.8) is 0 Å². The number of carbonyl (C=O) groups excluding carboxylic acids is 1. The topological polar surface area (TPSA) is 62.2 Å². The number of aromatic nitrogens is 1. The largest absolute Gasteiger partial charge is 0.396 e. The Hall–Kier alpha value is -0.840. The van der Waals surface area contributed by atoms with Crippen molar-refractivity contribution in [2.75, 3.05) is 13.2 Å². The first-order valence-corrected chi connectivity index (χ1v) is 6.32. The van der Waals surface area contributed by atoms with E-state index in [4.69, 9.17) is 28.3 Å². The molecule has 1 aromatic rings. The maximum atomic E-state index is 11.9. The molecule has 6 heteroatoms. The molecule has 0 saturated carbocycles. The number of hydrogen-bond donors (Lipinski definition) is 2. The number of amides is 1. The molecule has 0 unspecified atom stereocenters. The van der Waals surface area contributed by atoms with E-state index in [9.17, 15) is 4.79 Å². The number of hydrogen-bond acceptors (Lipinski definition) is 3. The summed E-state index contributed by atoms with van der Waals surface area (Å²) in [6, 6.07) is 3.06. The van der Waals surface area contributed by atoms with E-state index in [1.54, 1.807) is 0 Å². The first-order chi connectivity index (χ1) is 8.35. The van der Waals surface area contributed by atoms with Crippen LogP contribution in [0.5, 0.6) is 0 Å². The normalized spacial score (nSPS) is 11.4. The van der Waals surface area contributed by atoms with Crippen molar-refractivity contribution in [1.29, 1.82) is 0 Å². The van der Waals surface area contributed by atoms with Gasteiger partial charge in [-0.15, -0.1) is 0 Å². The number of aliphatic hydroxyl groups excluding tert-OH is 1. The van der Waals surface area contributed by atoms with Crippen LogP contribution in [0.1, 0.15) is 30.8 Å². The van der Waals surface area contributed by atoms with Gasteiger partial charge in [-0.2, -0.15) is 0 Å². The summed E-state index contributed by atoms with van der Waals surface area (Å²) in [6.07, 6.45) is 0.601. The summed E-state index contributed by atoms with van der Waals surface area (Å²) in [5, 5.41) is 12.1. The van der Waals surface area contributed by atoms with Gasteiger partial charge in [0.05, 0.1) is 5.02 Å².